The largest absolute Gasteiger partial charge is 0.388 e. The van der Waals surface area contributed by atoms with Crippen LogP contribution in [0.4, 0.5) is 8.78 Å². The summed E-state index contributed by atoms with van der Waals surface area (Å²) < 4.78 is 26.4. The van der Waals surface area contributed by atoms with E-state index in [1.165, 1.54) is 25.0 Å². The predicted octanol–water partition coefficient (Wildman–Crippen LogP) is 2.48. The van der Waals surface area contributed by atoms with Crippen LogP contribution in [0, 0.1) is 11.6 Å². The number of rotatable bonds is 5. The average Bonchev–Trinajstić information content (AvgIpc) is 3.13. The Hall–Kier alpha value is -1.00. The second kappa shape index (κ2) is 5.10. The molecular formula is C13H17F2NO. The van der Waals surface area contributed by atoms with Crippen LogP contribution in [-0.4, -0.2) is 29.6 Å². The van der Waals surface area contributed by atoms with Crippen LogP contribution in [0.1, 0.15) is 30.9 Å². The van der Waals surface area contributed by atoms with Gasteiger partial charge >= 0.3 is 0 Å². The van der Waals surface area contributed by atoms with Crippen molar-refractivity contribution in [2.45, 2.75) is 31.4 Å². The molecule has 1 unspecified atom stereocenters. The van der Waals surface area contributed by atoms with E-state index < -0.39 is 17.7 Å². The highest BCUT2D eigenvalue weighted by molar-refractivity contribution is 5.21. The van der Waals surface area contributed by atoms with Crippen molar-refractivity contribution in [1.29, 1.82) is 0 Å². The van der Waals surface area contributed by atoms with E-state index in [0.717, 1.165) is 6.07 Å². The molecule has 2 rings (SSSR count). The maximum atomic E-state index is 13.4. The quantitative estimate of drug-likeness (QED) is 0.856. The zero-order valence-corrected chi connectivity index (χ0v) is 9.87. The lowest BCUT2D eigenvalue weighted by Gasteiger charge is -2.18. The van der Waals surface area contributed by atoms with E-state index in [0.29, 0.717) is 19.0 Å². The topological polar surface area (TPSA) is 23.5 Å². The predicted molar refractivity (Wildman–Crippen MR) is 61.6 cm³/mol. The van der Waals surface area contributed by atoms with Gasteiger partial charge in [-0.25, -0.2) is 8.78 Å². The standard InChI is InChI=1S/C13H17F2NO/c1-16(9-5-6-9)8-7-12(17)10-3-2-4-11(14)13(10)15/h2-4,9,12,17H,5-8H2,1H3. The fourth-order valence-electron chi connectivity index (χ4n) is 1.96. The summed E-state index contributed by atoms with van der Waals surface area (Å²) in [6.07, 6.45) is 1.88. The van der Waals surface area contributed by atoms with E-state index in [1.54, 1.807) is 0 Å². The molecule has 0 radical (unpaired) electrons. The Balaban J connectivity index is 1.94. The van der Waals surface area contributed by atoms with E-state index in [2.05, 4.69) is 4.90 Å². The van der Waals surface area contributed by atoms with Crippen molar-refractivity contribution in [2.24, 2.45) is 0 Å². The number of aliphatic hydroxyl groups excluding tert-OH is 1. The lowest BCUT2D eigenvalue weighted by atomic mass is 10.1. The van der Waals surface area contributed by atoms with Crippen LogP contribution < -0.4 is 0 Å². The van der Waals surface area contributed by atoms with Gasteiger partial charge in [0.2, 0.25) is 0 Å². The minimum absolute atomic E-state index is 0.0502. The Morgan fingerprint density at radius 1 is 1.41 bits per heavy atom. The third-order valence-corrected chi connectivity index (χ3v) is 3.27. The first kappa shape index (κ1) is 12.5. The highest BCUT2D eigenvalue weighted by Gasteiger charge is 2.26. The van der Waals surface area contributed by atoms with Crippen molar-refractivity contribution in [3.63, 3.8) is 0 Å². The van der Waals surface area contributed by atoms with Crippen LogP contribution >= 0.6 is 0 Å². The fraction of sp³-hybridized carbons (Fsp3) is 0.538. The molecule has 1 aromatic carbocycles. The molecule has 0 amide bonds. The Labute approximate surface area is 99.9 Å². The molecular weight excluding hydrogens is 224 g/mol. The third-order valence-electron chi connectivity index (χ3n) is 3.27. The van der Waals surface area contributed by atoms with Gasteiger partial charge in [0.25, 0.3) is 0 Å². The molecule has 0 spiro atoms. The zero-order valence-electron chi connectivity index (χ0n) is 9.87. The van der Waals surface area contributed by atoms with Crippen LogP contribution in [-0.2, 0) is 0 Å². The van der Waals surface area contributed by atoms with Crippen LogP contribution in [0.15, 0.2) is 18.2 Å². The van der Waals surface area contributed by atoms with E-state index in [1.807, 2.05) is 7.05 Å². The number of halogens is 2. The lowest BCUT2D eigenvalue weighted by Crippen LogP contribution is -2.23. The van der Waals surface area contributed by atoms with Crippen molar-refractivity contribution in [3.05, 3.63) is 35.4 Å². The molecule has 17 heavy (non-hydrogen) atoms. The summed E-state index contributed by atoms with van der Waals surface area (Å²) in [5, 5.41) is 9.84. The SMILES string of the molecule is CN(CCC(O)c1cccc(F)c1F)C1CC1. The summed E-state index contributed by atoms with van der Waals surface area (Å²) in [5.74, 6) is -1.84. The summed E-state index contributed by atoms with van der Waals surface area (Å²) >= 11 is 0. The Morgan fingerprint density at radius 3 is 2.76 bits per heavy atom. The minimum Gasteiger partial charge on any atom is -0.388 e. The Morgan fingerprint density at radius 2 is 2.12 bits per heavy atom. The molecule has 0 saturated heterocycles. The summed E-state index contributed by atoms with van der Waals surface area (Å²) in [6, 6.07) is 4.52. The van der Waals surface area contributed by atoms with Crippen LogP contribution in [0.3, 0.4) is 0 Å². The van der Waals surface area contributed by atoms with E-state index in [9.17, 15) is 13.9 Å². The zero-order chi connectivity index (χ0) is 12.4. The van der Waals surface area contributed by atoms with Gasteiger partial charge in [0.05, 0.1) is 6.10 Å². The highest BCUT2D eigenvalue weighted by Crippen LogP contribution is 2.27. The second-order valence-corrected chi connectivity index (χ2v) is 4.66. The van der Waals surface area contributed by atoms with Crippen molar-refractivity contribution >= 4 is 0 Å². The van der Waals surface area contributed by atoms with Crippen molar-refractivity contribution in [1.82, 2.24) is 4.90 Å². The second-order valence-electron chi connectivity index (χ2n) is 4.66. The Bertz CT molecular complexity index is 393. The number of hydrogen-bond acceptors (Lipinski definition) is 2. The van der Waals surface area contributed by atoms with Gasteiger partial charge in [0.1, 0.15) is 0 Å². The lowest BCUT2D eigenvalue weighted by molar-refractivity contribution is 0.143. The highest BCUT2D eigenvalue weighted by atomic mass is 19.2. The first-order chi connectivity index (χ1) is 8.09. The first-order valence-electron chi connectivity index (χ1n) is 5.92. The molecule has 94 valence electrons. The van der Waals surface area contributed by atoms with Crippen LogP contribution in [0.25, 0.3) is 0 Å². The van der Waals surface area contributed by atoms with Gasteiger partial charge in [-0.3, -0.25) is 0 Å². The molecule has 1 N–H and O–H groups in total. The van der Waals surface area contributed by atoms with Crippen molar-refractivity contribution < 1.29 is 13.9 Å². The van der Waals surface area contributed by atoms with Gasteiger partial charge < -0.3 is 10.0 Å². The molecule has 2 nitrogen and oxygen atoms in total. The number of nitrogens with zero attached hydrogens (tertiary/aromatic N) is 1. The van der Waals surface area contributed by atoms with Gasteiger partial charge in [-0.2, -0.15) is 0 Å². The number of aliphatic hydroxyl groups is 1. The summed E-state index contributed by atoms with van der Waals surface area (Å²) in [6.45, 7) is 0.696. The van der Waals surface area contributed by atoms with Gasteiger partial charge in [0, 0.05) is 18.2 Å². The molecule has 1 aromatic rings. The summed E-state index contributed by atoms with van der Waals surface area (Å²) in [7, 11) is 1.99. The monoisotopic (exact) mass is 241 g/mol. The maximum Gasteiger partial charge on any atom is 0.164 e. The van der Waals surface area contributed by atoms with Crippen LogP contribution in [0.2, 0.25) is 0 Å². The molecule has 1 aliphatic carbocycles. The minimum atomic E-state index is -0.938. The number of hydrogen-bond donors (Lipinski definition) is 1. The molecule has 1 saturated carbocycles. The Kier molecular flexibility index (Phi) is 3.74. The van der Waals surface area contributed by atoms with E-state index >= 15 is 0 Å². The molecule has 0 aromatic heterocycles. The normalized spacial score (nSPS) is 17.5. The molecule has 4 heteroatoms. The molecule has 1 fully saturated rings. The van der Waals surface area contributed by atoms with Gasteiger partial charge in [-0.15, -0.1) is 0 Å². The van der Waals surface area contributed by atoms with E-state index in [4.69, 9.17) is 0 Å². The van der Waals surface area contributed by atoms with E-state index in [-0.39, 0.29) is 5.56 Å². The van der Waals surface area contributed by atoms with Gasteiger partial charge in [-0.05, 0) is 32.4 Å². The maximum absolute atomic E-state index is 13.4. The fourth-order valence-corrected chi connectivity index (χ4v) is 1.96. The molecule has 1 aliphatic rings. The van der Waals surface area contributed by atoms with Crippen molar-refractivity contribution in [2.75, 3.05) is 13.6 Å². The van der Waals surface area contributed by atoms with Gasteiger partial charge in [0.15, 0.2) is 11.6 Å². The molecule has 0 bridgehead atoms. The molecule has 0 heterocycles. The van der Waals surface area contributed by atoms with Gasteiger partial charge in [-0.1, -0.05) is 12.1 Å². The average molecular weight is 241 g/mol. The van der Waals surface area contributed by atoms with Crippen LogP contribution in [0.5, 0.6) is 0 Å². The third kappa shape index (κ3) is 3.01. The van der Waals surface area contributed by atoms with Crippen molar-refractivity contribution in [3.8, 4) is 0 Å². The summed E-state index contributed by atoms with van der Waals surface area (Å²) in [5.41, 5.74) is 0.0502. The summed E-state index contributed by atoms with van der Waals surface area (Å²) in [4.78, 5) is 2.15. The number of benzene rings is 1. The smallest absolute Gasteiger partial charge is 0.164 e. The molecule has 1 atom stereocenters. The first-order valence-corrected chi connectivity index (χ1v) is 5.92. The molecule has 0 aliphatic heterocycles.